The zero-order valence-corrected chi connectivity index (χ0v) is 17.2. The second kappa shape index (κ2) is 6.13. The van der Waals surface area contributed by atoms with Crippen LogP contribution in [0.2, 0.25) is 5.02 Å². The van der Waals surface area contributed by atoms with Crippen LogP contribution in [0, 0.1) is 11.3 Å². The van der Waals surface area contributed by atoms with Gasteiger partial charge in [-0.05, 0) is 63.1 Å². The number of fused-ring (bicyclic) bond motifs is 1. The lowest BCUT2D eigenvalue weighted by Gasteiger charge is -2.59. The lowest BCUT2D eigenvalue weighted by Crippen LogP contribution is -2.64. The second-order valence-corrected chi connectivity index (χ2v) is 9.94. The molecule has 3 aliphatic rings. The first-order chi connectivity index (χ1) is 12.6. The van der Waals surface area contributed by atoms with Crippen LogP contribution in [0.5, 0.6) is 0 Å². The molecule has 6 heteroatoms. The van der Waals surface area contributed by atoms with Crippen LogP contribution < -0.4 is 0 Å². The van der Waals surface area contributed by atoms with E-state index in [2.05, 4.69) is 6.07 Å². The van der Waals surface area contributed by atoms with Crippen LogP contribution in [-0.2, 0) is 17.7 Å². The summed E-state index contributed by atoms with van der Waals surface area (Å²) in [5.74, 6) is 0.631. The zero-order chi connectivity index (χ0) is 19.6. The predicted molar refractivity (Wildman–Crippen MR) is 104 cm³/mol. The molecule has 27 heavy (non-hydrogen) atoms. The van der Waals surface area contributed by atoms with Crippen molar-refractivity contribution in [1.82, 2.24) is 9.80 Å². The molecule has 2 amide bonds. The van der Waals surface area contributed by atoms with Gasteiger partial charge in [0.25, 0.3) is 5.91 Å². The molecular formula is C21H27ClN2O3. The van der Waals surface area contributed by atoms with E-state index in [0.29, 0.717) is 23.0 Å². The Labute approximate surface area is 165 Å². The van der Waals surface area contributed by atoms with Crippen molar-refractivity contribution >= 4 is 23.6 Å². The Hall–Kier alpha value is -1.75. The summed E-state index contributed by atoms with van der Waals surface area (Å²) in [6.45, 7) is 7.94. The van der Waals surface area contributed by atoms with E-state index >= 15 is 0 Å². The smallest absolute Gasteiger partial charge is 0.410 e. The van der Waals surface area contributed by atoms with Gasteiger partial charge in [0.1, 0.15) is 5.60 Å². The molecule has 2 aliphatic heterocycles. The molecule has 2 heterocycles. The van der Waals surface area contributed by atoms with E-state index in [1.165, 1.54) is 5.56 Å². The number of ether oxygens (including phenoxy) is 1. The maximum absolute atomic E-state index is 12.3. The molecule has 1 aromatic rings. The summed E-state index contributed by atoms with van der Waals surface area (Å²) in [5.41, 5.74) is 2.87. The number of likely N-dealkylation sites (tertiary alicyclic amines) is 1. The fourth-order valence-corrected chi connectivity index (χ4v) is 5.12. The Morgan fingerprint density at radius 2 is 1.96 bits per heavy atom. The summed E-state index contributed by atoms with van der Waals surface area (Å²) in [4.78, 5) is 27.9. The van der Waals surface area contributed by atoms with Crippen LogP contribution >= 0.6 is 11.6 Å². The van der Waals surface area contributed by atoms with E-state index in [1.807, 2.05) is 38.8 Å². The van der Waals surface area contributed by atoms with Gasteiger partial charge in [-0.15, -0.1) is 0 Å². The zero-order valence-electron chi connectivity index (χ0n) is 16.5. The first kappa shape index (κ1) is 18.6. The van der Waals surface area contributed by atoms with Crippen LogP contribution in [0.3, 0.4) is 0 Å². The number of amides is 2. The van der Waals surface area contributed by atoms with Crippen LogP contribution in [0.1, 0.15) is 55.1 Å². The Bertz CT molecular complexity index is 800. The largest absolute Gasteiger partial charge is 0.444 e. The first-order valence-corrected chi connectivity index (χ1v) is 9.98. The molecule has 4 rings (SSSR count). The molecule has 5 nitrogen and oxygen atoms in total. The van der Waals surface area contributed by atoms with E-state index in [4.69, 9.17) is 16.3 Å². The third-order valence-electron chi connectivity index (χ3n) is 5.97. The van der Waals surface area contributed by atoms with Crippen molar-refractivity contribution in [2.75, 3.05) is 20.1 Å². The van der Waals surface area contributed by atoms with Gasteiger partial charge in [-0.25, -0.2) is 4.79 Å². The lowest BCUT2D eigenvalue weighted by atomic mass is 9.56. The summed E-state index contributed by atoms with van der Waals surface area (Å²) in [5, 5.41) is 0.556. The van der Waals surface area contributed by atoms with Crippen molar-refractivity contribution in [2.24, 2.45) is 11.3 Å². The van der Waals surface area contributed by atoms with E-state index in [9.17, 15) is 9.59 Å². The van der Waals surface area contributed by atoms with Gasteiger partial charge in [0.05, 0.1) is 10.6 Å². The van der Waals surface area contributed by atoms with E-state index in [-0.39, 0.29) is 17.4 Å². The minimum atomic E-state index is -0.443. The highest BCUT2D eigenvalue weighted by Crippen LogP contribution is 2.53. The van der Waals surface area contributed by atoms with Crippen LogP contribution in [0.15, 0.2) is 12.1 Å². The molecule has 1 spiro atoms. The first-order valence-electron chi connectivity index (χ1n) is 9.61. The number of halogens is 1. The van der Waals surface area contributed by atoms with Gasteiger partial charge >= 0.3 is 6.09 Å². The average Bonchev–Trinajstić information content (AvgIpc) is 2.77. The Kier molecular flexibility index (Phi) is 4.22. The molecule has 0 bridgehead atoms. The summed E-state index contributed by atoms with van der Waals surface area (Å²) < 4.78 is 5.45. The third kappa shape index (κ3) is 3.31. The van der Waals surface area contributed by atoms with Gasteiger partial charge < -0.3 is 14.5 Å². The highest BCUT2D eigenvalue weighted by molar-refractivity contribution is 6.34. The molecular weight excluding hydrogens is 364 g/mol. The van der Waals surface area contributed by atoms with E-state index < -0.39 is 5.60 Å². The second-order valence-electron chi connectivity index (χ2n) is 9.54. The van der Waals surface area contributed by atoms with Gasteiger partial charge in [-0.1, -0.05) is 17.7 Å². The maximum Gasteiger partial charge on any atom is 0.410 e. The van der Waals surface area contributed by atoms with Gasteiger partial charge in [0.15, 0.2) is 0 Å². The van der Waals surface area contributed by atoms with Crippen LogP contribution in [0.25, 0.3) is 0 Å². The monoisotopic (exact) mass is 390 g/mol. The van der Waals surface area contributed by atoms with Gasteiger partial charge in [-0.2, -0.15) is 0 Å². The summed E-state index contributed by atoms with van der Waals surface area (Å²) >= 11 is 6.26. The topological polar surface area (TPSA) is 49.9 Å². The quantitative estimate of drug-likeness (QED) is 0.763. The maximum atomic E-state index is 12.3. The van der Waals surface area contributed by atoms with Crippen molar-refractivity contribution < 1.29 is 14.3 Å². The molecule has 0 aromatic heterocycles. The standard InChI is InChI=1S/C21H27ClN2O3/c1-20(2,3)27-19(26)24-11-21(12-24)8-13(9-21)7-14-5-6-16(22)17-15(14)10-23(4)18(17)25/h5-6,13H,7-12H2,1-4H3. The van der Waals surface area contributed by atoms with Gasteiger partial charge in [0, 0.05) is 32.1 Å². The summed E-state index contributed by atoms with van der Waals surface area (Å²) in [7, 11) is 1.82. The van der Waals surface area contributed by atoms with Gasteiger partial charge in [0.2, 0.25) is 0 Å². The van der Waals surface area contributed by atoms with Crippen LogP contribution in [-0.4, -0.2) is 47.5 Å². The van der Waals surface area contributed by atoms with Crippen molar-refractivity contribution in [1.29, 1.82) is 0 Å². The number of carbonyl (C=O) groups excluding carboxylic acids is 2. The Morgan fingerprint density at radius 1 is 1.30 bits per heavy atom. The minimum Gasteiger partial charge on any atom is -0.444 e. The van der Waals surface area contributed by atoms with Crippen molar-refractivity contribution in [3.05, 3.63) is 33.8 Å². The van der Waals surface area contributed by atoms with Crippen molar-refractivity contribution in [3.63, 3.8) is 0 Å². The molecule has 2 fully saturated rings. The van der Waals surface area contributed by atoms with Crippen LogP contribution in [0.4, 0.5) is 4.79 Å². The molecule has 0 N–H and O–H groups in total. The number of rotatable bonds is 2. The molecule has 1 saturated heterocycles. The molecule has 0 radical (unpaired) electrons. The molecule has 1 aliphatic carbocycles. The van der Waals surface area contributed by atoms with E-state index in [1.54, 1.807) is 4.90 Å². The predicted octanol–water partition coefficient (Wildman–Crippen LogP) is 4.12. The van der Waals surface area contributed by atoms with Gasteiger partial charge in [-0.3, -0.25) is 4.79 Å². The molecule has 1 aromatic carbocycles. The SMILES string of the molecule is CN1Cc2c(CC3CC4(C3)CN(C(=O)OC(C)(C)C)C4)ccc(Cl)c2C1=O. The van der Waals surface area contributed by atoms with E-state index in [0.717, 1.165) is 37.9 Å². The fourth-order valence-electron chi connectivity index (χ4n) is 4.86. The number of hydrogen-bond donors (Lipinski definition) is 0. The Morgan fingerprint density at radius 3 is 2.59 bits per heavy atom. The molecule has 1 saturated carbocycles. The summed E-state index contributed by atoms with van der Waals surface area (Å²) in [6, 6.07) is 3.93. The average molecular weight is 391 g/mol. The normalized spacial score (nSPS) is 21.1. The number of hydrogen-bond acceptors (Lipinski definition) is 3. The third-order valence-corrected chi connectivity index (χ3v) is 6.29. The van der Waals surface area contributed by atoms with Crippen molar-refractivity contribution in [3.8, 4) is 0 Å². The molecule has 0 unspecified atom stereocenters. The number of nitrogens with zero attached hydrogens (tertiary/aromatic N) is 2. The fraction of sp³-hybridized carbons (Fsp3) is 0.619. The summed E-state index contributed by atoms with van der Waals surface area (Å²) in [6.07, 6.45) is 3.05. The molecule has 146 valence electrons. The number of benzene rings is 1. The van der Waals surface area contributed by atoms with Crippen molar-refractivity contribution in [2.45, 2.75) is 52.2 Å². The number of carbonyl (C=O) groups is 2. The highest BCUT2D eigenvalue weighted by Gasteiger charge is 2.54. The highest BCUT2D eigenvalue weighted by atomic mass is 35.5. The lowest BCUT2D eigenvalue weighted by molar-refractivity contribution is -0.0947. The molecule has 0 atom stereocenters. The minimum absolute atomic E-state index is 0.0222. The Balaban J connectivity index is 1.34.